The number of nitrogens with two attached hydrogens (primary N) is 1. The number of para-hydroxylation sites is 1. The highest BCUT2D eigenvalue weighted by Crippen LogP contribution is 2.26. The standard InChI is InChI=1S/C16H17N3O/c1-19(15-6-4-3-5-12(15)10-17)11-13-9-14(18)7-8-16(13)20-2/h3-9H,11,18H2,1-2H3. The van der Waals surface area contributed by atoms with Crippen LogP contribution < -0.4 is 15.4 Å². The molecular formula is C16H17N3O. The number of nitrogens with zero attached hydrogens (tertiary/aromatic N) is 2. The first-order valence-corrected chi connectivity index (χ1v) is 6.28. The number of rotatable bonds is 4. The monoisotopic (exact) mass is 267 g/mol. The van der Waals surface area contributed by atoms with Gasteiger partial charge in [0.1, 0.15) is 11.8 Å². The highest BCUT2D eigenvalue weighted by atomic mass is 16.5. The number of methoxy groups -OCH3 is 1. The lowest BCUT2D eigenvalue weighted by atomic mass is 10.1. The molecule has 0 radical (unpaired) electrons. The van der Waals surface area contributed by atoms with Gasteiger partial charge in [-0.2, -0.15) is 5.26 Å². The maximum atomic E-state index is 9.16. The number of ether oxygens (including phenoxy) is 1. The Morgan fingerprint density at radius 3 is 2.70 bits per heavy atom. The van der Waals surface area contributed by atoms with Crippen LogP contribution in [0.25, 0.3) is 0 Å². The SMILES string of the molecule is COc1ccc(N)cc1CN(C)c1ccccc1C#N. The van der Waals surface area contributed by atoms with Crippen molar-refractivity contribution in [1.82, 2.24) is 0 Å². The molecule has 0 fully saturated rings. The van der Waals surface area contributed by atoms with Crippen LogP contribution in [-0.4, -0.2) is 14.2 Å². The third-order valence-electron chi connectivity index (χ3n) is 3.15. The smallest absolute Gasteiger partial charge is 0.123 e. The molecule has 20 heavy (non-hydrogen) atoms. The van der Waals surface area contributed by atoms with Gasteiger partial charge in [-0.25, -0.2) is 0 Å². The van der Waals surface area contributed by atoms with Crippen LogP contribution in [0.4, 0.5) is 11.4 Å². The number of nitriles is 1. The summed E-state index contributed by atoms with van der Waals surface area (Å²) in [5.74, 6) is 0.792. The van der Waals surface area contributed by atoms with Gasteiger partial charge in [0.05, 0.1) is 18.4 Å². The molecule has 0 spiro atoms. The van der Waals surface area contributed by atoms with Crippen LogP contribution in [0.15, 0.2) is 42.5 Å². The normalized spacial score (nSPS) is 9.85. The minimum absolute atomic E-state index is 0.618. The second-order valence-corrected chi connectivity index (χ2v) is 4.56. The lowest BCUT2D eigenvalue weighted by Crippen LogP contribution is -2.18. The molecule has 4 heteroatoms. The van der Waals surface area contributed by atoms with Crippen molar-refractivity contribution in [3.8, 4) is 11.8 Å². The minimum atomic E-state index is 0.618. The summed E-state index contributed by atoms with van der Waals surface area (Å²) >= 11 is 0. The van der Waals surface area contributed by atoms with Crippen LogP contribution >= 0.6 is 0 Å². The van der Waals surface area contributed by atoms with Crippen molar-refractivity contribution in [2.24, 2.45) is 0 Å². The number of benzene rings is 2. The number of nitrogen functional groups attached to an aromatic ring is 1. The molecule has 2 aromatic rings. The Hall–Kier alpha value is -2.67. The zero-order valence-corrected chi connectivity index (χ0v) is 11.6. The van der Waals surface area contributed by atoms with E-state index >= 15 is 0 Å². The van der Waals surface area contributed by atoms with Gasteiger partial charge in [-0.1, -0.05) is 12.1 Å². The summed E-state index contributed by atoms with van der Waals surface area (Å²) in [5, 5.41) is 9.16. The largest absolute Gasteiger partial charge is 0.496 e. The van der Waals surface area contributed by atoms with Gasteiger partial charge in [0.15, 0.2) is 0 Å². The van der Waals surface area contributed by atoms with E-state index in [-0.39, 0.29) is 0 Å². The van der Waals surface area contributed by atoms with Gasteiger partial charge in [-0.05, 0) is 30.3 Å². The first kappa shape index (κ1) is 13.8. The van der Waals surface area contributed by atoms with Gasteiger partial charge in [0.2, 0.25) is 0 Å². The maximum absolute atomic E-state index is 9.16. The van der Waals surface area contributed by atoms with E-state index < -0.39 is 0 Å². The summed E-state index contributed by atoms with van der Waals surface area (Å²) in [6.45, 7) is 0.618. The summed E-state index contributed by atoms with van der Waals surface area (Å²) in [6, 6.07) is 15.3. The molecule has 4 nitrogen and oxygen atoms in total. The number of hydrogen-bond donors (Lipinski definition) is 1. The van der Waals surface area contributed by atoms with Crippen molar-refractivity contribution in [1.29, 1.82) is 5.26 Å². The van der Waals surface area contributed by atoms with Crippen LogP contribution in [0.5, 0.6) is 5.75 Å². The van der Waals surface area contributed by atoms with Crippen molar-refractivity contribution in [2.45, 2.75) is 6.54 Å². The Morgan fingerprint density at radius 2 is 2.00 bits per heavy atom. The van der Waals surface area contributed by atoms with Crippen LogP contribution in [0.2, 0.25) is 0 Å². The maximum Gasteiger partial charge on any atom is 0.123 e. The molecule has 0 amide bonds. The highest BCUT2D eigenvalue weighted by molar-refractivity contribution is 5.59. The predicted molar refractivity (Wildman–Crippen MR) is 80.7 cm³/mol. The second kappa shape index (κ2) is 5.98. The van der Waals surface area contributed by atoms with E-state index in [4.69, 9.17) is 15.7 Å². The van der Waals surface area contributed by atoms with Crippen molar-refractivity contribution in [3.63, 3.8) is 0 Å². The van der Waals surface area contributed by atoms with Crippen molar-refractivity contribution < 1.29 is 4.74 Å². The molecule has 0 aromatic heterocycles. The van der Waals surface area contributed by atoms with Gasteiger partial charge in [0.25, 0.3) is 0 Å². The number of anilines is 2. The summed E-state index contributed by atoms with van der Waals surface area (Å²) in [5.41, 5.74) is 9.05. The molecule has 0 saturated heterocycles. The molecule has 0 bridgehead atoms. The lowest BCUT2D eigenvalue weighted by molar-refractivity contribution is 0.409. The fourth-order valence-corrected chi connectivity index (χ4v) is 2.16. The zero-order chi connectivity index (χ0) is 14.5. The van der Waals surface area contributed by atoms with Crippen molar-refractivity contribution >= 4 is 11.4 Å². The first-order chi connectivity index (χ1) is 9.65. The molecule has 102 valence electrons. The third kappa shape index (κ3) is 2.83. The van der Waals surface area contributed by atoms with E-state index in [9.17, 15) is 0 Å². The second-order valence-electron chi connectivity index (χ2n) is 4.56. The average molecular weight is 267 g/mol. The van der Waals surface area contributed by atoms with Crippen LogP contribution in [0, 0.1) is 11.3 Å². The van der Waals surface area contributed by atoms with Gasteiger partial charge >= 0.3 is 0 Å². The van der Waals surface area contributed by atoms with Gasteiger partial charge in [0, 0.05) is 24.8 Å². The molecule has 0 saturated carbocycles. The van der Waals surface area contributed by atoms with Crippen LogP contribution in [-0.2, 0) is 6.54 Å². The Morgan fingerprint density at radius 1 is 1.25 bits per heavy atom. The van der Waals surface area contributed by atoms with E-state index in [2.05, 4.69) is 6.07 Å². The van der Waals surface area contributed by atoms with Crippen LogP contribution in [0.3, 0.4) is 0 Å². The Balaban J connectivity index is 2.30. The van der Waals surface area contributed by atoms with Gasteiger partial charge in [-0.3, -0.25) is 0 Å². The quantitative estimate of drug-likeness (QED) is 0.865. The van der Waals surface area contributed by atoms with E-state index in [1.165, 1.54) is 0 Å². The Bertz CT molecular complexity index is 646. The number of hydrogen-bond acceptors (Lipinski definition) is 4. The molecular weight excluding hydrogens is 250 g/mol. The van der Waals surface area contributed by atoms with E-state index in [0.717, 1.165) is 17.0 Å². The molecule has 2 rings (SSSR count). The van der Waals surface area contributed by atoms with Gasteiger partial charge < -0.3 is 15.4 Å². The molecule has 0 heterocycles. The lowest BCUT2D eigenvalue weighted by Gasteiger charge is -2.22. The highest BCUT2D eigenvalue weighted by Gasteiger charge is 2.10. The molecule has 2 N–H and O–H groups in total. The van der Waals surface area contributed by atoms with Gasteiger partial charge in [-0.15, -0.1) is 0 Å². The summed E-state index contributed by atoms with van der Waals surface area (Å²) in [6.07, 6.45) is 0. The summed E-state index contributed by atoms with van der Waals surface area (Å²) in [7, 11) is 3.58. The van der Waals surface area contributed by atoms with E-state index in [0.29, 0.717) is 17.8 Å². The predicted octanol–water partition coefficient (Wildman–Crippen LogP) is 2.79. The van der Waals surface area contributed by atoms with Crippen LogP contribution in [0.1, 0.15) is 11.1 Å². The third-order valence-corrected chi connectivity index (χ3v) is 3.15. The molecule has 0 aliphatic carbocycles. The minimum Gasteiger partial charge on any atom is -0.496 e. The summed E-state index contributed by atoms with van der Waals surface area (Å²) in [4.78, 5) is 2.01. The first-order valence-electron chi connectivity index (χ1n) is 6.28. The van der Waals surface area contributed by atoms with E-state index in [1.807, 2.05) is 54.4 Å². The Labute approximate surface area is 119 Å². The van der Waals surface area contributed by atoms with Crippen molar-refractivity contribution in [3.05, 3.63) is 53.6 Å². The molecule has 2 aromatic carbocycles. The van der Waals surface area contributed by atoms with Crippen molar-refractivity contribution in [2.75, 3.05) is 24.8 Å². The molecule has 0 aliphatic heterocycles. The fraction of sp³-hybridized carbons (Fsp3) is 0.188. The van der Waals surface area contributed by atoms with E-state index in [1.54, 1.807) is 7.11 Å². The Kier molecular flexibility index (Phi) is 4.11. The molecule has 0 unspecified atom stereocenters. The zero-order valence-electron chi connectivity index (χ0n) is 11.6. The topological polar surface area (TPSA) is 62.3 Å². The fourth-order valence-electron chi connectivity index (χ4n) is 2.16. The average Bonchev–Trinajstić information content (AvgIpc) is 2.47. The molecule has 0 atom stereocenters. The molecule has 0 aliphatic rings. The summed E-state index contributed by atoms with van der Waals surface area (Å²) < 4.78 is 5.35.